The summed E-state index contributed by atoms with van der Waals surface area (Å²) in [4.78, 5) is 8.45. The molecule has 0 saturated carbocycles. The average molecular weight is 425 g/mol. The van der Waals surface area contributed by atoms with Crippen molar-refractivity contribution in [3.8, 4) is 41.1 Å². The Morgan fingerprint density at radius 2 is 1.94 bits per heavy atom. The average Bonchev–Trinajstić information content (AvgIpc) is 3.35. The zero-order chi connectivity index (χ0) is 22.0. The maximum Gasteiger partial charge on any atom is 0.573 e. The quantitative estimate of drug-likeness (QED) is 0.445. The molecule has 1 aromatic carbocycles. The third-order valence-corrected chi connectivity index (χ3v) is 4.28. The Balaban J connectivity index is 1.51. The summed E-state index contributed by atoms with van der Waals surface area (Å²) in [6.07, 6.45) is 2.25. The number of aryl methyl sites for hydroxylation is 1. The van der Waals surface area contributed by atoms with Crippen molar-refractivity contribution in [3.63, 3.8) is 0 Å². The van der Waals surface area contributed by atoms with Crippen molar-refractivity contribution in [2.24, 2.45) is 0 Å². The molecule has 0 spiro atoms. The molecule has 4 rings (SSSR count). The van der Waals surface area contributed by atoms with Crippen LogP contribution in [0.2, 0.25) is 0 Å². The first-order valence-corrected chi connectivity index (χ1v) is 8.97. The van der Waals surface area contributed by atoms with E-state index in [9.17, 15) is 13.2 Å². The Morgan fingerprint density at radius 3 is 2.58 bits per heavy atom. The highest BCUT2D eigenvalue weighted by atomic mass is 19.4. The number of hydrogen-bond donors (Lipinski definition) is 0. The minimum atomic E-state index is -4.75. The van der Waals surface area contributed by atoms with Crippen LogP contribution in [0.3, 0.4) is 0 Å². The number of rotatable bonds is 5. The van der Waals surface area contributed by atoms with Gasteiger partial charge >= 0.3 is 6.36 Å². The van der Waals surface area contributed by atoms with Crippen LogP contribution >= 0.6 is 0 Å². The number of halogens is 3. The lowest BCUT2D eigenvalue weighted by Gasteiger charge is -2.08. The topological polar surface area (TPSA) is 78.9 Å². The number of terminal acetylenes is 1. The predicted octanol–water partition coefficient (Wildman–Crippen LogP) is 4.23. The van der Waals surface area contributed by atoms with Crippen molar-refractivity contribution in [3.05, 3.63) is 65.6 Å². The predicted molar refractivity (Wildman–Crippen MR) is 104 cm³/mol. The third-order valence-electron chi connectivity index (χ3n) is 4.28. The van der Waals surface area contributed by atoms with E-state index < -0.39 is 6.36 Å². The molecule has 0 atom stereocenters. The fourth-order valence-corrected chi connectivity index (χ4v) is 2.80. The lowest BCUT2D eigenvalue weighted by atomic mass is 10.2. The van der Waals surface area contributed by atoms with E-state index in [-0.39, 0.29) is 17.5 Å². The van der Waals surface area contributed by atoms with Gasteiger partial charge in [0.15, 0.2) is 5.69 Å². The van der Waals surface area contributed by atoms with Crippen molar-refractivity contribution in [2.75, 3.05) is 0 Å². The SMILES string of the molecule is C#Cc1ccc(Cn2nc(-c3nc(-c4ccc(OC(F)(F)F)cc4)no3)cc2C)cn1. The molecule has 7 nitrogen and oxygen atoms in total. The highest BCUT2D eigenvalue weighted by Crippen LogP contribution is 2.27. The van der Waals surface area contributed by atoms with Crippen molar-refractivity contribution in [1.29, 1.82) is 0 Å². The molecule has 4 aromatic rings. The van der Waals surface area contributed by atoms with E-state index in [2.05, 4.69) is 30.9 Å². The van der Waals surface area contributed by atoms with Crippen LogP contribution in [-0.4, -0.2) is 31.3 Å². The standard InChI is InChI=1S/C21H14F3N5O2/c1-3-16-7-4-14(11-25-16)12-29-13(2)10-18(27-29)20-26-19(28-31-20)15-5-8-17(9-6-15)30-21(22,23)24/h1,4-11H,12H2,2H3. The van der Waals surface area contributed by atoms with Gasteiger partial charge in [0.05, 0.1) is 6.54 Å². The molecule has 0 fully saturated rings. The molecule has 3 heterocycles. The molecular formula is C21H14F3N5O2. The first kappa shape index (κ1) is 20.2. The second-order valence-corrected chi connectivity index (χ2v) is 6.52. The van der Waals surface area contributed by atoms with Crippen LogP contribution in [0.4, 0.5) is 13.2 Å². The molecule has 0 aliphatic rings. The molecule has 156 valence electrons. The van der Waals surface area contributed by atoms with E-state index in [1.54, 1.807) is 23.0 Å². The fraction of sp³-hybridized carbons (Fsp3) is 0.143. The molecule has 3 aromatic heterocycles. The van der Waals surface area contributed by atoms with E-state index in [1.807, 2.05) is 13.0 Å². The molecule has 0 aliphatic heterocycles. The van der Waals surface area contributed by atoms with Crippen LogP contribution in [-0.2, 0) is 6.54 Å². The number of benzene rings is 1. The van der Waals surface area contributed by atoms with Gasteiger partial charge in [0.2, 0.25) is 5.82 Å². The molecule has 0 bridgehead atoms. The van der Waals surface area contributed by atoms with Crippen molar-refractivity contribution in [1.82, 2.24) is 24.9 Å². The molecule has 31 heavy (non-hydrogen) atoms. The van der Waals surface area contributed by atoms with Gasteiger partial charge in [-0.3, -0.25) is 4.68 Å². The van der Waals surface area contributed by atoms with Crippen molar-refractivity contribution in [2.45, 2.75) is 19.8 Å². The lowest BCUT2D eigenvalue weighted by molar-refractivity contribution is -0.274. The highest BCUT2D eigenvalue weighted by molar-refractivity contribution is 5.58. The van der Waals surface area contributed by atoms with Gasteiger partial charge in [-0.25, -0.2) is 4.98 Å². The van der Waals surface area contributed by atoms with Gasteiger partial charge < -0.3 is 9.26 Å². The number of pyridine rings is 1. The summed E-state index contributed by atoms with van der Waals surface area (Å²) >= 11 is 0. The Hall–Kier alpha value is -4.13. The molecule has 0 aliphatic carbocycles. The smallest absolute Gasteiger partial charge is 0.406 e. The summed E-state index contributed by atoms with van der Waals surface area (Å²) in [6, 6.07) is 10.6. The Morgan fingerprint density at radius 1 is 1.16 bits per heavy atom. The number of aromatic nitrogens is 5. The first-order chi connectivity index (χ1) is 14.8. The molecule has 0 saturated heterocycles. The zero-order valence-corrected chi connectivity index (χ0v) is 16.1. The van der Waals surface area contributed by atoms with Crippen LogP contribution in [0.5, 0.6) is 5.75 Å². The summed E-state index contributed by atoms with van der Waals surface area (Å²) in [6.45, 7) is 2.36. The maximum absolute atomic E-state index is 12.3. The van der Waals surface area contributed by atoms with Gasteiger partial charge in [-0.15, -0.1) is 19.6 Å². The largest absolute Gasteiger partial charge is 0.573 e. The van der Waals surface area contributed by atoms with E-state index in [0.29, 0.717) is 23.5 Å². The second-order valence-electron chi connectivity index (χ2n) is 6.52. The van der Waals surface area contributed by atoms with Crippen LogP contribution in [0.1, 0.15) is 17.0 Å². The van der Waals surface area contributed by atoms with E-state index in [1.165, 1.54) is 24.3 Å². The summed E-state index contributed by atoms with van der Waals surface area (Å²) < 4.78 is 47.7. The van der Waals surface area contributed by atoms with Crippen LogP contribution < -0.4 is 4.74 Å². The summed E-state index contributed by atoms with van der Waals surface area (Å²) in [5.41, 5.74) is 3.29. The van der Waals surface area contributed by atoms with Crippen LogP contribution in [0.25, 0.3) is 23.0 Å². The Bertz CT molecular complexity index is 1240. The third kappa shape index (κ3) is 4.72. The summed E-state index contributed by atoms with van der Waals surface area (Å²) in [5.74, 6) is 2.54. The van der Waals surface area contributed by atoms with E-state index in [4.69, 9.17) is 10.9 Å². The summed E-state index contributed by atoms with van der Waals surface area (Å²) in [7, 11) is 0. The second kappa shape index (κ2) is 7.95. The molecule has 0 unspecified atom stereocenters. The normalized spacial score (nSPS) is 11.3. The van der Waals surface area contributed by atoms with Crippen LogP contribution in [0.15, 0.2) is 53.2 Å². The monoisotopic (exact) mass is 425 g/mol. The van der Waals surface area contributed by atoms with Gasteiger partial charge in [0, 0.05) is 17.5 Å². The van der Waals surface area contributed by atoms with Gasteiger partial charge in [-0.05, 0) is 48.9 Å². The first-order valence-electron chi connectivity index (χ1n) is 8.97. The fourth-order valence-electron chi connectivity index (χ4n) is 2.80. The summed E-state index contributed by atoms with van der Waals surface area (Å²) in [5, 5.41) is 8.37. The lowest BCUT2D eigenvalue weighted by Crippen LogP contribution is -2.16. The number of hydrogen-bond acceptors (Lipinski definition) is 6. The van der Waals surface area contributed by atoms with E-state index in [0.717, 1.165) is 11.3 Å². The Kier molecular flexibility index (Phi) is 5.17. The van der Waals surface area contributed by atoms with Gasteiger partial charge in [-0.1, -0.05) is 17.1 Å². The van der Waals surface area contributed by atoms with Crippen LogP contribution in [0, 0.1) is 19.3 Å². The maximum atomic E-state index is 12.3. The Labute approximate surface area is 174 Å². The molecule has 0 radical (unpaired) electrons. The minimum Gasteiger partial charge on any atom is -0.406 e. The van der Waals surface area contributed by atoms with Gasteiger partial charge in [0.25, 0.3) is 5.89 Å². The molecule has 0 N–H and O–H groups in total. The molecule has 0 amide bonds. The van der Waals surface area contributed by atoms with E-state index >= 15 is 0 Å². The molecule has 10 heteroatoms. The van der Waals surface area contributed by atoms with Gasteiger partial charge in [0.1, 0.15) is 11.4 Å². The van der Waals surface area contributed by atoms with Crippen molar-refractivity contribution < 1.29 is 22.4 Å². The zero-order valence-electron chi connectivity index (χ0n) is 16.1. The number of nitrogens with zero attached hydrogens (tertiary/aromatic N) is 5. The number of alkyl halides is 3. The molecular weight excluding hydrogens is 411 g/mol. The number of ether oxygens (including phenoxy) is 1. The highest BCUT2D eigenvalue weighted by Gasteiger charge is 2.31. The van der Waals surface area contributed by atoms with Crippen molar-refractivity contribution >= 4 is 0 Å². The van der Waals surface area contributed by atoms with Gasteiger partial charge in [-0.2, -0.15) is 10.1 Å². The minimum absolute atomic E-state index is 0.188.